The third-order valence-electron chi connectivity index (χ3n) is 8.92. The summed E-state index contributed by atoms with van der Waals surface area (Å²) in [4.78, 5) is 37.8. The van der Waals surface area contributed by atoms with Gasteiger partial charge in [0, 0.05) is 19.3 Å². The number of carbonyl (C=O) groups is 3. The van der Waals surface area contributed by atoms with E-state index in [0.717, 1.165) is 89.9 Å². The van der Waals surface area contributed by atoms with Crippen LogP contribution in [0, 0.1) is 0 Å². The fraction of sp³-hybridized carbons (Fsp3) is 0.456. The summed E-state index contributed by atoms with van der Waals surface area (Å²) in [5.41, 5.74) is 0. The summed E-state index contributed by atoms with van der Waals surface area (Å²) >= 11 is 0. The molecule has 0 amide bonds. The van der Waals surface area contributed by atoms with Crippen molar-refractivity contribution in [3.63, 3.8) is 0 Å². The topological polar surface area (TPSA) is 78.9 Å². The Morgan fingerprint density at radius 1 is 0.333 bits per heavy atom. The maximum atomic E-state index is 12.8. The molecule has 0 aromatic heterocycles. The van der Waals surface area contributed by atoms with Crippen LogP contribution in [0.1, 0.15) is 149 Å². The second-order valence-electron chi connectivity index (χ2n) is 14.7. The van der Waals surface area contributed by atoms with E-state index in [1.165, 1.54) is 0 Å². The van der Waals surface area contributed by atoms with Gasteiger partial charge in [0.25, 0.3) is 0 Å². The molecule has 6 heteroatoms. The van der Waals surface area contributed by atoms with E-state index in [2.05, 4.69) is 106 Å². The summed E-state index contributed by atoms with van der Waals surface area (Å²) in [6.45, 7) is 6.06. The van der Waals surface area contributed by atoms with Crippen molar-refractivity contribution >= 4 is 17.9 Å². The lowest BCUT2D eigenvalue weighted by Crippen LogP contribution is -2.30. The first-order chi connectivity index (χ1) is 31.0. The Bertz CT molecular complexity index is 1550. The second kappa shape index (κ2) is 49.4. The highest BCUT2D eigenvalue weighted by Gasteiger charge is 2.19. The molecular formula is C57H82O6. The summed E-state index contributed by atoms with van der Waals surface area (Å²) in [6, 6.07) is 0. The largest absolute Gasteiger partial charge is 0.462 e. The van der Waals surface area contributed by atoms with Gasteiger partial charge in [-0.25, -0.2) is 0 Å². The molecule has 0 N–H and O–H groups in total. The molecule has 1 unspecified atom stereocenters. The van der Waals surface area contributed by atoms with Crippen LogP contribution < -0.4 is 0 Å². The molecule has 346 valence electrons. The Kier molecular flexibility index (Phi) is 45.3. The molecule has 0 aliphatic heterocycles. The summed E-state index contributed by atoms with van der Waals surface area (Å²) in [6.07, 6.45) is 73.4. The lowest BCUT2D eigenvalue weighted by Gasteiger charge is -2.18. The van der Waals surface area contributed by atoms with Crippen LogP contribution in [-0.2, 0) is 28.6 Å². The Morgan fingerprint density at radius 2 is 0.667 bits per heavy atom. The first-order valence-electron chi connectivity index (χ1n) is 23.8. The van der Waals surface area contributed by atoms with Crippen molar-refractivity contribution < 1.29 is 28.6 Å². The van der Waals surface area contributed by atoms with Gasteiger partial charge in [0.1, 0.15) is 13.2 Å². The molecule has 0 spiro atoms. The zero-order chi connectivity index (χ0) is 45.8. The molecule has 0 aliphatic carbocycles. The van der Waals surface area contributed by atoms with Gasteiger partial charge in [0.2, 0.25) is 0 Å². The molecule has 0 radical (unpaired) electrons. The number of allylic oxidation sites excluding steroid dienone is 28. The Hall–Kier alpha value is -5.23. The molecule has 0 aliphatic rings. The summed E-state index contributed by atoms with van der Waals surface area (Å²) in [5.74, 6) is -1.12. The maximum absolute atomic E-state index is 12.8. The van der Waals surface area contributed by atoms with Crippen LogP contribution in [0.2, 0.25) is 0 Å². The number of esters is 3. The number of hydrogen-bond acceptors (Lipinski definition) is 6. The van der Waals surface area contributed by atoms with Crippen molar-refractivity contribution in [1.82, 2.24) is 0 Å². The van der Waals surface area contributed by atoms with E-state index < -0.39 is 6.10 Å². The van der Waals surface area contributed by atoms with Crippen molar-refractivity contribution in [2.75, 3.05) is 13.2 Å². The van der Waals surface area contributed by atoms with Crippen LogP contribution in [0.5, 0.6) is 0 Å². The first-order valence-corrected chi connectivity index (χ1v) is 23.8. The van der Waals surface area contributed by atoms with Crippen molar-refractivity contribution in [3.8, 4) is 0 Å². The number of rotatable bonds is 39. The van der Waals surface area contributed by atoms with Gasteiger partial charge in [-0.15, -0.1) is 0 Å². The van der Waals surface area contributed by atoms with E-state index in [-0.39, 0.29) is 50.4 Å². The van der Waals surface area contributed by atoms with Crippen LogP contribution in [0.25, 0.3) is 0 Å². The van der Waals surface area contributed by atoms with Gasteiger partial charge < -0.3 is 14.2 Å². The molecule has 0 fully saturated rings. The van der Waals surface area contributed by atoms with Crippen LogP contribution in [0.4, 0.5) is 0 Å². The van der Waals surface area contributed by atoms with E-state index in [9.17, 15) is 14.4 Å². The highest BCUT2D eigenvalue weighted by Crippen LogP contribution is 2.11. The predicted molar refractivity (Wildman–Crippen MR) is 269 cm³/mol. The third kappa shape index (κ3) is 47.7. The smallest absolute Gasteiger partial charge is 0.306 e. The minimum absolute atomic E-state index is 0.150. The van der Waals surface area contributed by atoms with Gasteiger partial charge in [-0.1, -0.05) is 210 Å². The highest BCUT2D eigenvalue weighted by atomic mass is 16.6. The highest BCUT2D eigenvalue weighted by molar-refractivity contribution is 5.71. The molecule has 0 aromatic carbocycles. The van der Waals surface area contributed by atoms with Crippen LogP contribution in [0.3, 0.4) is 0 Å². The van der Waals surface area contributed by atoms with Gasteiger partial charge in [-0.2, -0.15) is 0 Å². The molecule has 0 saturated heterocycles. The van der Waals surface area contributed by atoms with Crippen molar-refractivity contribution in [2.45, 2.75) is 155 Å². The van der Waals surface area contributed by atoms with Crippen LogP contribution in [-0.4, -0.2) is 37.2 Å². The minimum Gasteiger partial charge on any atom is -0.462 e. The van der Waals surface area contributed by atoms with E-state index in [1.54, 1.807) is 0 Å². The van der Waals surface area contributed by atoms with E-state index in [4.69, 9.17) is 14.2 Å². The molecular weight excluding hydrogens is 781 g/mol. The molecule has 63 heavy (non-hydrogen) atoms. The first kappa shape index (κ1) is 57.8. The van der Waals surface area contributed by atoms with Gasteiger partial charge in [0.05, 0.1) is 0 Å². The fourth-order valence-electron chi connectivity index (χ4n) is 5.46. The SMILES string of the molecule is CC\C=C/C=C\C=C/C=C\C=C/CCCC(=O)OCC(COC(=O)CCC/C=C\C/C=C\C/C=C\C/C=C\C/C=C\CC)OC(=O)CCCCCCC\C=C/C=C\C=C/C=C\CC. The van der Waals surface area contributed by atoms with Crippen molar-refractivity contribution in [1.29, 1.82) is 0 Å². The lowest BCUT2D eigenvalue weighted by molar-refractivity contribution is -0.167. The lowest BCUT2D eigenvalue weighted by atomic mass is 10.1. The van der Waals surface area contributed by atoms with Gasteiger partial charge in [-0.3, -0.25) is 14.4 Å². The summed E-state index contributed by atoms with van der Waals surface area (Å²) in [7, 11) is 0. The van der Waals surface area contributed by atoms with E-state index in [0.29, 0.717) is 19.3 Å². The summed E-state index contributed by atoms with van der Waals surface area (Å²) in [5, 5.41) is 0. The predicted octanol–water partition coefficient (Wildman–Crippen LogP) is 15.6. The Labute approximate surface area is 383 Å². The van der Waals surface area contributed by atoms with Crippen LogP contribution >= 0.6 is 0 Å². The zero-order valence-corrected chi connectivity index (χ0v) is 39.2. The Morgan fingerprint density at radius 3 is 1.13 bits per heavy atom. The number of unbranched alkanes of at least 4 members (excludes halogenated alkanes) is 7. The van der Waals surface area contributed by atoms with Gasteiger partial charge in [-0.05, 0) is 89.9 Å². The zero-order valence-electron chi connectivity index (χ0n) is 39.2. The number of carbonyl (C=O) groups excluding carboxylic acids is 3. The van der Waals surface area contributed by atoms with Crippen molar-refractivity contribution in [3.05, 3.63) is 170 Å². The molecule has 0 bridgehead atoms. The molecule has 0 heterocycles. The molecule has 1 atom stereocenters. The van der Waals surface area contributed by atoms with Crippen LogP contribution in [0.15, 0.2) is 170 Å². The average Bonchev–Trinajstić information content (AvgIpc) is 3.28. The normalized spacial score (nSPS) is 13.6. The average molecular weight is 863 g/mol. The number of hydrogen-bond donors (Lipinski definition) is 0. The summed E-state index contributed by atoms with van der Waals surface area (Å²) < 4.78 is 16.6. The van der Waals surface area contributed by atoms with E-state index >= 15 is 0 Å². The molecule has 6 nitrogen and oxygen atoms in total. The van der Waals surface area contributed by atoms with E-state index in [1.807, 2.05) is 85.1 Å². The van der Waals surface area contributed by atoms with Gasteiger partial charge >= 0.3 is 17.9 Å². The number of ether oxygens (including phenoxy) is 3. The fourth-order valence-corrected chi connectivity index (χ4v) is 5.46. The third-order valence-corrected chi connectivity index (χ3v) is 8.92. The maximum Gasteiger partial charge on any atom is 0.306 e. The molecule has 0 aromatic rings. The molecule has 0 saturated carbocycles. The quantitative estimate of drug-likeness (QED) is 0.0201. The second-order valence-corrected chi connectivity index (χ2v) is 14.7. The monoisotopic (exact) mass is 863 g/mol. The standard InChI is InChI=1S/C57H82O6/c1-4-7-10-13-16-19-22-25-27-28-30-32-35-38-41-44-47-50-56(59)62-53-54(52-61-55(58)49-46-43-40-37-34-31-24-21-18-15-12-9-6-3)63-57(60)51-48-45-42-39-36-33-29-26-23-20-17-14-11-8-5-2/h7-12,14-21,23-27,29-32,34,37-38,40-41,54H,4-6,13,22,28,33,35-36,39,42-53H2,1-3H3/b10-7-,11-8-,12-9-,17-14-,18-15-,19-16-,23-20-,24-21-,27-25-,29-26-,32-30-,34-31-,40-37-,41-38-. The van der Waals surface area contributed by atoms with Crippen molar-refractivity contribution in [2.24, 2.45) is 0 Å². The van der Waals surface area contributed by atoms with Gasteiger partial charge in [0.15, 0.2) is 6.10 Å². The Balaban J connectivity index is 4.67. The minimum atomic E-state index is -0.851. The molecule has 0 rings (SSSR count).